The lowest BCUT2D eigenvalue weighted by molar-refractivity contribution is -0.142. The van der Waals surface area contributed by atoms with Crippen LogP contribution < -0.4 is 4.90 Å². The number of ether oxygens (including phenoxy) is 1. The van der Waals surface area contributed by atoms with Gasteiger partial charge in [-0.15, -0.1) is 11.3 Å². The Bertz CT molecular complexity index is 1230. The number of ketones is 1. The van der Waals surface area contributed by atoms with Crippen molar-refractivity contribution in [3.63, 3.8) is 0 Å². The maximum atomic E-state index is 13.3. The summed E-state index contributed by atoms with van der Waals surface area (Å²) in [5, 5.41) is 12.6. The lowest BCUT2D eigenvalue weighted by Crippen LogP contribution is -2.31. The minimum Gasteiger partial charge on any atom is -0.503 e. The SMILES string of the molecule is CCOC(=O)Cc1ccc(N2C(=O)C(O)=C(C(=O)c3cccs3)C2c2cccc(C)c2)cc1. The number of Topliss-reactive ketones (excluding diaryl/α,β-unsaturated/α-hetero) is 1. The second-order valence-electron chi connectivity index (χ2n) is 7.71. The van der Waals surface area contributed by atoms with Crippen molar-refractivity contribution in [3.8, 4) is 0 Å². The molecule has 2 heterocycles. The van der Waals surface area contributed by atoms with Crippen LogP contribution in [0.3, 0.4) is 0 Å². The molecule has 0 fully saturated rings. The van der Waals surface area contributed by atoms with Crippen molar-refractivity contribution >= 4 is 34.7 Å². The highest BCUT2D eigenvalue weighted by atomic mass is 32.1. The fourth-order valence-electron chi connectivity index (χ4n) is 3.95. The van der Waals surface area contributed by atoms with E-state index in [0.29, 0.717) is 17.2 Å². The molecule has 7 heteroatoms. The summed E-state index contributed by atoms with van der Waals surface area (Å²) in [6.07, 6.45) is 0.120. The smallest absolute Gasteiger partial charge is 0.310 e. The van der Waals surface area contributed by atoms with Gasteiger partial charge in [0.2, 0.25) is 5.78 Å². The number of nitrogens with zero attached hydrogens (tertiary/aromatic N) is 1. The average Bonchev–Trinajstić information content (AvgIpc) is 3.42. The van der Waals surface area contributed by atoms with E-state index in [-0.39, 0.29) is 23.7 Å². The van der Waals surface area contributed by atoms with Crippen LogP contribution in [0.5, 0.6) is 0 Å². The van der Waals surface area contributed by atoms with E-state index < -0.39 is 17.7 Å². The van der Waals surface area contributed by atoms with Gasteiger partial charge in [0.05, 0.1) is 29.5 Å². The Balaban J connectivity index is 1.75. The van der Waals surface area contributed by atoms with E-state index in [9.17, 15) is 19.5 Å². The van der Waals surface area contributed by atoms with E-state index >= 15 is 0 Å². The minimum atomic E-state index is -0.775. The number of carbonyl (C=O) groups is 3. The molecule has 1 N–H and O–H groups in total. The fourth-order valence-corrected chi connectivity index (χ4v) is 4.63. The molecule has 0 saturated carbocycles. The number of thiophene rings is 1. The Morgan fingerprint density at radius 3 is 2.48 bits per heavy atom. The van der Waals surface area contributed by atoms with Crippen LogP contribution in [-0.4, -0.2) is 29.4 Å². The lowest BCUT2D eigenvalue weighted by atomic mass is 9.94. The molecule has 1 aliphatic rings. The van der Waals surface area contributed by atoms with Gasteiger partial charge >= 0.3 is 5.97 Å². The summed E-state index contributed by atoms with van der Waals surface area (Å²) in [5.74, 6) is -1.89. The normalized spacial score (nSPS) is 15.8. The van der Waals surface area contributed by atoms with E-state index in [0.717, 1.165) is 16.7 Å². The number of anilines is 1. The van der Waals surface area contributed by atoms with Crippen molar-refractivity contribution < 1.29 is 24.2 Å². The number of esters is 1. The Morgan fingerprint density at radius 2 is 1.85 bits per heavy atom. The van der Waals surface area contributed by atoms with Crippen molar-refractivity contribution in [2.24, 2.45) is 0 Å². The van der Waals surface area contributed by atoms with Gasteiger partial charge in [0.1, 0.15) is 0 Å². The molecule has 0 bridgehead atoms. The zero-order valence-electron chi connectivity index (χ0n) is 18.3. The van der Waals surface area contributed by atoms with Crippen LogP contribution in [0.25, 0.3) is 0 Å². The first-order valence-corrected chi connectivity index (χ1v) is 11.4. The molecule has 0 radical (unpaired) electrons. The molecular weight excluding hydrogens is 438 g/mol. The highest BCUT2D eigenvalue weighted by Crippen LogP contribution is 2.42. The van der Waals surface area contributed by atoms with Crippen LogP contribution in [0.15, 0.2) is 77.4 Å². The van der Waals surface area contributed by atoms with Gasteiger partial charge in [-0.2, -0.15) is 0 Å². The van der Waals surface area contributed by atoms with Gasteiger partial charge in [0.15, 0.2) is 5.76 Å². The predicted molar refractivity (Wildman–Crippen MR) is 126 cm³/mol. The average molecular weight is 462 g/mol. The summed E-state index contributed by atoms with van der Waals surface area (Å²) in [6, 6.07) is 17.1. The number of hydrogen-bond donors (Lipinski definition) is 1. The van der Waals surface area contributed by atoms with Gasteiger partial charge in [0.25, 0.3) is 5.91 Å². The molecule has 1 atom stereocenters. The third-order valence-corrected chi connectivity index (χ3v) is 6.29. The second kappa shape index (κ2) is 9.42. The molecule has 1 amide bonds. The van der Waals surface area contributed by atoms with Crippen LogP contribution in [0.4, 0.5) is 5.69 Å². The number of amides is 1. The number of carbonyl (C=O) groups excluding carboxylic acids is 3. The fraction of sp³-hybridized carbons (Fsp3) is 0.192. The summed E-state index contributed by atoms with van der Waals surface area (Å²) >= 11 is 1.26. The molecule has 0 aliphatic carbocycles. The third kappa shape index (κ3) is 4.45. The summed E-state index contributed by atoms with van der Waals surface area (Å²) in [6.45, 7) is 3.99. The molecule has 0 saturated heterocycles. The van der Waals surface area contributed by atoms with Gasteiger partial charge < -0.3 is 9.84 Å². The molecule has 0 spiro atoms. The highest BCUT2D eigenvalue weighted by Gasteiger charge is 2.44. The Morgan fingerprint density at radius 1 is 1.09 bits per heavy atom. The van der Waals surface area contributed by atoms with Crippen LogP contribution in [-0.2, 0) is 20.7 Å². The summed E-state index contributed by atoms with van der Waals surface area (Å²) < 4.78 is 4.99. The third-order valence-electron chi connectivity index (χ3n) is 5.42. The van der Waals surface area contributed by atoms with Gasteiger partial charge in [-0.3, -0.25) is 19.3 Å². The quantitative estimate of drug-likeness (QED) is 0.398. The molecule has 168 valence electrons. The summed E-state index contributed by atoms with van der Waals surface area (Å²) in [7, 11) is 0. The lowest BCUT2D eigenvalue weighted by Gasteiger charge is -2.27. The van der Waals surface area contributed by atoms with E-state index in [1.807, 2.05) is 31.2 Å². The van der Waals surface area contributed by atoms with Gasteiger partial charge in [-0.1, -0.05) is 48.0 Å². The molecule has 3 aromatic rings. The minimum absolute atomic E-state index is 0.0589. The molecule has 1 aromatic heterocycles. The van der Waals surface area contributed by atoms with Crippen molar-refractivity contribution in [1.29, 1.82) is 0 Å². The summed E-state index contributed by atoms with van der Waals surface area (Å²) in [5.41, 5.74) is 3.01. The second-order valence-corrected chi connectivity index (χ2v) is 8.66. The number of rotatable bonds is 7. The van der Waals surface area contributed by atoms with Crippen molar-refractivity contribution in [3.05, 3.63) is 98.9 Å². The standard InChI is InChI=1S/C26H23NO5S/c1-3-32-21(28)15-17-9-11-19(12-10-17)27-23(18-7-4-6-16(2)14-18)22(25(30)26(27)31)24(29)20-8-5-13-33-20/h4-14,23,30H,3,15H2,1-2H3. The van der Waals surface area contributed by atoms with E-state index in [2.05, 4.69) is 0 Å². The maximum absolute atomic E-state index is 13.3. The zero-order chi connectivity index (χ0) is 23.5. The van der Waals surface area contributed by atoms with Crippen LogP contribution in [0.2, 0.25) is 0 Å². The molecule has 1 aliphatic heterocycles. The van der Waals surface area contributed by atoms with Gasteiger partial charge in [-0.05, 0) is 48.6 Å². The van der Waals surface area contributed by atoms with Crippen LogP contribution in [0, 0.1) is 6.92 Å². The molecule has 6 nitrogen and oxygen atoms in total. The van der Waals surface area contributed by atoms with E-state index in [1.165, 1.54) is 16.2 Å². The number of benzene rings is 2. The first-order valence-electron chi connectivity index (χ1n) is 10.6. The first-order chi connectivity index (χ1) is 15.9. The van der Waals surface area contributed by atoms with Crippen molar-refractivity contribution in [1.82, 2.24) is 0 Å². The summed E-state index contributed by atoms with van der Waals surface area (Å²) in [4.78, 5) is 40.2. The predicted octanol–water partition coefficient (Wildman–Crippen LogP) is 4.95. The molecule has 4 rings (SSSR count). The van der Waals surface area contributed by atoms with E-state index in [4.69, 9.17) is 4.74 Å². The zero-order valence-corrected chi connectivity index (χ0v) is 19.1. The number of aliphatic hydroxyl groups excluding tert-OH is 1. The Labute approximate surface area is 195 Å². The van der Waals surface area contributed by atoms with Gasteiger partial charge in [-0.25, -0.2) is 0 Å². The monoisotopic (exact) mass is 461 g/mol. The van der Waals surface area contributed by atoms with Gasteiger partial charge in [0, 0.05) is 5.69 Å². The van der Waals surface area contributed by atoms with Crippen LogP contribution in [0.1, 0.15) is 39.3 Å². The topological polar surface area (TPSA) is 83.9 Å². The van der Waals surface area contributed by atoms with Crippen molar-refractivity contribution in [2.75, 3.05) is 11.5 Å². The molecule has 1 unspecified atom stereocenters. The van der Waals surface area contributed by atoms with Crippen molar-refractivity contribution in [2.45, 2.75) is 26.3 Å². The molecule has 33 heavy (non-hydrogen) atoms. The number of hydrogen-bond acceptors (Lipinski definition) is 6. The highest BCUT2D eigenvalue weighted by molar-refractivity contribution is 7.12. The number of aryl methyl sites for hydroxylation is 1. The Kier molecular flexibility index (Phi) is 6.42. The molecule has 2 aromatic carbocycles. The van der Waals surface area contributed by atoms with Crippen LogP contribution >= 0.6 is 11.3 Å². The number of aliphatic hydroxyl groups is 1. The largest absolute Gasteiger partial charge is 0.503 e. The maximum Gasteiger partial charge on any atom is 0.310 e. The van der Waals surface area contributed by atoms with E-state index in [1.54, 1.807) is 48.7 Å². The first kappa shape index (κ1) is 22.5. The molecular formula is C26H23NO5S. The Hall–Kier alpha value is -3.71.